The lowest BCUT2D eigenvalue weighted by atomic mass is 10.1. The van der Waals surface area contributed by atoms with Crippen molar-refractivity contribution in [1.29, 1.82) is 0 Å². The quantitative estimate of drug-likeness (QED) is 0.310. The summed E-state index contributed by atoms with van der Waals surface area (Å²) in [6.45, 7) is 1.64. The number of hydrogen-bond donors (Lipinski definition) is 0. The Morgan fingerprint density at radius 3 is 2.55 bits per heavy atom. The number of esters is 1. The Balaban J connectivity index is 1.40. The molecule has 0 N–H and O–H groups in total. The standard InChI is InChI=1S/C24H19FN2O4/c1-15(23-26-27-24(31-23)17-6-9-20(25)10-7-17)30-22(28)12-4-16-3-5-19-14-21(29-2)11-8-18(19)13-16/h3-15H,1-2H3/b12-4+/t15-/m0/s1. The number of hydrogen-bond acceptors (Lipinski definition) is 6. The zero-order chi connectivity index (χ0) is 21.8. The minimum absolute atomic E-state index is 0.153. The predicted molar refractivity (Wildman–Crippen MR) is 114 cm³/mol. The molecule has 0 aliphatic heterocycles. The SMILES string of the molecule is COc1ccc2cc(/C=C/C(=O)O[C@@H](C)c3nnc(-c4ccc(F)cc4)o3)ccc2c1. The second-order valence-corrected chi connectivity index (χ2v) is 6.84. The first-order valence-electron chi connectivity index (χ1n) is 9.57. The van der Waals surface area contributed by atoms with Crippen LogP contribution in [0.25, 0.3) is 28.3 Å². The minimum atomic E-state index is -0.733. The number of aromatic nitrogens is 2. The lowest BCUT2D eigenvalue weighted by Gasteiger charge is -2.07. The first kappa shape index (κ1) is 20.3. The van der Waals surface area contributed by atoms with Crippen LogP contribution in [0.15, 0.2) is 71.2 Å². The number of benzene rings is 3. The second kappa shape index (κ2) is 8.79. The van der Waals surface area contributed by atoms with Crippen molar-refractivity contribution in [2.75, 3.05) is 7.11 Å². The van der Waals surface area contributed by atoms with Crippen molar-refractivity contribution in [2.24, 2.45) is 0 Å². The van der Waals surface area contributed by atoms with Crippen LogP contribution in [-0.4, -0.2) is 23.3 Å². The first-order chi connectivity index (χ1) is 15.0. The molecule has 1 heterocycles. The number of methoxy groups -OCH3 is 1. The van der Waals surface area contributed by atoms with Gasteiger partial charge in [0.25, 0.3) is 5.89 Å². The Labute approximate surface area is 177 Å². The fraction of sp³-hybridized carbons (Fsp3) is 0.125. The number of carbonyl (C=O) groups is 1. The van der Waals surface area contributed by atoms with E-state index in [9.17, 15) is 9.18 Å². The summed E-state index contributed by atoms with van der Waals surface area (Å²) in [5.74, 6) is 0.270. The minimum Gasteiger partial charge on any atom is -0.497 e. The highest BCUT2D eigenvalue weighted by Gasteiger charge is 2.18. The molecule has 156 valence electrons. The molecule has 0 spiro atoms. The molecule has 1 aromatic heterocycles. The molecule has 0 radical (unpaired) electrons. The van der Waals surface area contributed by atoms with Crippen LogP contribution in [-0.2, 0) is 9.53 Å². The Bertz CT molecular complexity index is 1250. The number of rotatable bonds is 6. The van der Waals surface area contributed by atoms with E-state index in [1.165, 1.54) is 30.3 Å². The van der Waals surface area contributed by atoms with Gasteiger partial charge in [0.2, 0.25) is 5.89 Å². The number of ether oxygens (including phenoxy) is 2. The normalized spacial score (nSPS) is 12.2. The van der Waals surface area contributed by atoms with Gasteiger partial charge < -0.3 is 13.9 Å². The monoisotopic (exact) mass is 418 g/mol. The summed E-state index contributed by atoms with van der Waals surface area (Å²) in [5, 5.41) is 9.91. The number of halogens is 1. The molecule has 0 amide bonds. The van der Waals surface area contributed by atoms with Crippen LogP contribution in [0.5, 0.6) is 5.75 Å². The van der Waals surface area contributed by atoms with Crippen molar-refractivity contribution in [1.82, 2.24) is 10.2 Å². The van der Waals surface area contributed by atoms with E-state index >= 15 is 0 Å². The van der Waals surface area contributed by atoms with Crippen molar-refractivity contribution in [3.8, 4) is 17.2 Å². The van der Waals surface area contributed by atoms with Gasteiger partial charge in [0, 0.05) is 11.6 Å². The molecule has 3 aromatic carbocycles. The third-order valence-corrected chi connectivity index (χ3v) is 4.66. The smallest absolute Gasteiger partial charge is 0.331 e. The molecule has 6 nitrogen and oxygen atoms in total. The second-order valence-electron chi connectivity index (χ2n) is 6.84. The van der Waals surface area contributed by atoms with Crippen molar-refractivity contribution >= 4 is 22.8 Å². The van der Waals surface area contributed by atoms with Gasteiger partial charge in [0.15, 0.2) is 6.10 Å². The third kappa shape index (κ3) is 4.78. The van der Waals surface area contributed by atoms with Gasteiger partial charge in [0.05, 0.1) is 7.11 Å². The first-order valence-corrected chi connectivity index (χ1v) is 9.57. The third-order valence-electron chi connectivity index (χ3n) is 4.66. The predicted octanol–water partition coefficient (Wildman–Crippen LogP) is 5.36. The summed E-state index contributed by atoms with van der Waals surface area (Å²) in [5.41, 5.74) is 1.44. The van der Waals surface area contributed by atoms with Crippen LogP contribution in [0, 0.1) is 5.82 Å². The maximum atomic E-state index is 13.0. The van der Waals surface area contributed by atoms with Crippen molar-refractivity contribution in [3.05, 3.63) is 84.0 Å². The van der Waals surface area contributed by atoms with Gasteiger partial charge in [-0.25, -0.2) is 9.18 Å². The summed E-state index contributed by atoms with van der Waals surface area (Å²) >= 11 is 0. The Hall–Kier alpha value is -4.00. The van der Waals surface area contributed by atoms with Crippen molar-refractivity contribution in [3.63, 3.8) is 0 Å². The van der Waals surface area contributed by atoms with Gasteiger partial charge in [-0.1, -0.05) is 18.2 Å². The molecule has 0 saturated carbocycles. The molecule has 0 fully saturated rings. The lowest BCUT2D eigenvalue weighted by Crippen LogP contribution is -2.06. The van der Waals surface area contributed by atoms with Gasteiger partial charge in [-0.15, -0.1) is 10.2 Å². The Morgan fingerprint density at radius 2 is 1.77 bits per heavy atom. The molecule has 0 aliphatic carbocycles. The van der Waals surface area contributed by atoms with Gasteiger partial charge in [0.1, 0.15) is 11.6 Å². The summed E-state index contributed by atoms with van der Waals surface area (Å²) in [4.78, 5) is 12.2. The topological polar surface area (TPSA) is 74.5 Å². The lowest BCUT2D eigenvalue weighted by molar-refractivity contribution is -0.143. The zero-order valence-electron chi connectivity index (χ0n) is 16.9. The molecule has 4 rings (SSSR count). The Morgan fingerprint density at radius 1 is 1.03 bits per heavy atom. The van der Waals surface area contributed by atoms with Crippen LogP contribution in [0.3, 0.4) is 0 Å². The van der Waals surface area contributed by atoms with Crippen molar-refractivity contribution < 1.29 is 23.1 Å². The number of fused-ring (bicyclic) bond motifs is 1. The van der Waals surface area contributed by atoms with E-state index in [-0.39, 0.29) is 17.6 Å². The average Bonchev–Trinajstić information content (AvgIpc) is 3.28. The van der Waals surface area contributed by atoms with Gasteiger partial charge in [-0.05, 0) is 71.8 Å². The van der Waals surface area contributed by atoms with Crippen LogP contribution < -0.4 is 4.74 Å². The maximum absolute atomic E-state index is 13.0. The van der Waals surface area contributed by atoms with E-state index in [0.29, 0.717) is 5.56 Å². The molecule has 0 aliphatic rings. The molecule has 7 heteroatoms. The highest BCUT2D eigenvalue weighted by Crippen LogP contribution is 2.24. The van der Waals surface area contributed by atoms with Gasteiger partial charge in [-0.3, -0.25) is 0 Å². The fourth-order valence-corrected chi connectivity index (χ4v) is 3.01. The summed E-state index contributed by atoms with van der Waals surface area (Å²) in [7, 11) is 1.63. The zero-order valence-corrected chi connectivity index (χ0v) is 16.9. The van der Waals surface area contributed by atoms with Gasteiger partial charge in [-0.2, -0.15) is 0 Å². The highest BCUT2D eigenvalue weighted by atomic mass is 19.1. The van der Waals surface area contributed by atoms with Crippen LogP contribution >= 0.6 is 0 Å². The largest absolute Gasteiger partial charge is 0.497 e. The van der Waals surface area contributed by atoms with E-state index in [2.05, 4.69) is 10.2 Å². The van der Waals surface area contributed by atoms with Crippen molar-refractivity contribution in [2.45, 2.75) is 13.0 Å². The highest BCUT2D eigenvalue weighted by molar-refractivity contribution is 5.90. The van der Waals surface area contributed by atoms with Gasteiger partial charge >= 0.3 is 5.97 Å². The summed E-state index contributed by atoms with van der Waals surface area (Å²) < 4.78 is 29.2. The molecule has 4 aromatic rings. The summed E-state index contributed by atoms with van der Waals surface area (Å²) in [6, 6.07) is 17.3. The molecule has 31 heavy (non-hydrogen) atoms. The molecule has 0 unspecified atom stereocenters. The van der Waals surface area contributed by atoms with E-state index < -0.39 is 12.1 Å². The molecule has 0 saturated heterocycles. The molecular weight excluding hydrogens is 399 g/mol. The van der Waals surface area contributed by atoms with Crippen LogP contribution in [0.2, 0.25) is 0 Å². The van der Waals surface area contributed by atoms with E-state index in [4.69, 9.17) is 13.9 Å². The van der Waals surface area contributed by atoms with E-state index in [1.807, 2.05) is 36.4 Å². The van der Waals surface area contributed by atoms with Crippen LogP contribution in [0.1, 0.15) is 24.5 Å². The molecule has 1 atom stereocenters. The van der Waals surface area contributed by atoms with E-state index in [1.54, 1.807) is 20.1 Å². The van der Waals surface area contributed by atoms with E-state index in [0.717, 1.165) is 22.1 Å². The Kier molecular flexibility index (Phi) is 5.75. The molecular formula is C24H19FN2O4. The number of nitrogens with zero attached hydrogens (tertiary/aromatic N) is 2. The number of carbonyl (C=O) groups excluding carboxylic acids is 1. The summed E-state index contributed by atoms with van der Waals surface area (Å²) in [6.07, 6.45) is 2.29. The average molecular weight is 418 g/mol. The maximum Gasteiger partial charge on any atom is 0.331 e. The fourth-order valence-electron chi connectivity index (χ4n) is 3.01. The van der Waals surface area contributed by atoms with Crippen LogP contribution in [0.4, 0.5) is 4.39 Å². The molecule has 0 bridgehead atoms.